The molecule has 2 saturated heterocycles. The Morgan fingerprint density at radius 2 is 1.68 bits per heavy atom. The molecule has 0 N–H and O–H groups in total. The van der Waals surface area contributed by atoms with Crippen LogP contribution in [0.4, 0.5) is 4.79 Å². The lowest BCUT2D eigenvalue weighted by Gasteiger charge is -2.38. The van der Waals surface area contributed by atoms with Gasteiger partial charge in [0, 0.05) is 53.7 Å². The number of hydrogen-bond donors (Lipinski definition) is 0. The van der Waals surface area contributed by atoms with Crippen LogP contribution in [0.1, 0.15) is 86.7 Å². The zero-order valence-electron chi connectivity index (χ0n) is 24.1. The first kappa shape index (κ1) is 29.6. The van der Waals surface area contributed by atoms with Crippen LogP contribution in [0.15, 0.2) is 33.3 Å². The first-order chi connectivity index (χ1) is 19.0. The average molecular weight is 676 g/mol. The van der Waals surface area contributed by atoms with Crippen molar-refractivity contribution in [3.05, 3.63) is 61.3 Å². The number of rotatable bonds is 3. The molecule has 0 bridgehead atoms. The van der Waals surface area contributed by atoms with Gasteiger partial charge in [0.05, 0.1) is 5.69 Å². The number of carbonyl (C=O) groups is 2. The fourth-order valence-corrected chi connectivity index (χ4v) is 7.60. The van der Waals surface area contributed by atoms with Gasteiger partial charge in [-0.15, -0.1) is 0 Å². The van der Waals surface area contributed by atoms with Crippen molar-refractivity contribution in [3.63, 3.8) is 0 Å². The lowest BCUT2D eigenvalue weighted by molar-refractivity contribution is -0.134. The highest BCUT2D eigenvalue weighted by Gasteiger charge is 2.36. The molecule has 2 fully saturated rings. The molecule has 1 atom stereocenters. The average Bonchev–Trinajstić information content (AvgIpc) is 3.07. The van der Waals surface area contributed by atoms with Crippen molar-refractivity contribution < 1.29 is 14.3 Å². The quantitative estimate of drug-likeness (QED) is 0.340. The largest absolute Gasteiger partial charge is 0.444 e. The van der Waals surface area contributed by atoms with Gasteiger partial charge in [-0.3, -0.25) is 9.78 Å². The second-order valence-corrected chi connectivity index (χ2v) is 14.5. The summed E-state index contributed by atoms with van der Waals surface area (Å²) in [6.45, 7) is 10.8. The second kappa shape index (κ2) is 12.1. The zero-order valence-corrected chi connectivity index (χ0v) is 27.3. The number of piperidine rings is 2. The molecule has 1 aliphatic carbocycles. The summed E-state index contributed by atoms with van der Waals surface area (Å²) in [6.07, 6.45) is 7.92. The van der Waals surface area contributed by atoms with Crippen molar-refractivity contribution in [1.82, 2.24) is 14.8 Å². The highest BCUT2D eigenvalue weighted by Crippen LogP contribution is 2.45. The number of carbonyl (C=O) groups excluding carboxylic acids is 2. The number of hydrogen-bond acceptors (Lipinski definition) is 4. The third-order valence-corrected chi connectivity index (χ3v) is 10.3. The van der Waals surface area contributed by atoms with Crippen molar-refractivity contribution in [3.8, 4) is 0 Å². The van der Waals surface area contributed by atoms with Crippen LogP contribution in [-0.4, -0.2) is 58.6 Å². The molecule has 1 aromatic carbocycles. The van der Waals surface area contributed by atoms with E-state index in [0.717, 1.165) is 56.1 Å². The normalized spacial score (nSPS) is 20.5. The first-order valence-electron chi connectivity index (χ1n) is 14.7. The molecular formula is C32H41Br2N3O3. The molecule has 3 heterocycles. The first-order valence-corrected chi connectivity index (χ1v) is 16.3. The molecule has 0 saturated carbocycles. The topological polar surface area (TPSA) is 62.7 Å². The van der Waals surface area contributed by atoms with E-state index < -0.39 is 5.60 Å². The molecule has 0 spiro atoms. The molecule has 2 aliphatic heterocycles. The van der Waals surface area contributed by atoms with E-state index in [2.05, 4.69) is 61.9 Å². The Bertz CT molecular complexity index is 1260. The molecule has 3 aliphatic rings. The van der Waals surface area contributed by atoms with Crippen molar-refractivity contribution >= 4 is 43.9 Å². The van der Waals surface area contributed by atoms with Crippen molar-refractivity contribution in [2.75, 3.05) is 26.2 Å². The van der Waals surface area contributed by atoms with Gasteiger partial charge >= 0.3 is 6.09 Å². The van der Waals surface area contributed by atoms with Gasteiger partial charge in [-0.05, 0) is 122 Å². The lowest BCUT2D eigenvalue weighted by atomic mass is 9.76. The number of amides is 2. The summed E-state index contributed by atoms with van der Waals surface area (Å²) in [4.78, 5) is 34.6. The number of fused-ring (bicyclic) bond motifs is 2. The fourth-order valence-electron chi connectivity index (χ4n) is 6.66. The van der Waals surface area contributed by atoms with Crippen LogP contribution in [0.2, 0.25) is 0 Å². The van der Waals surface area contributed by atoms with Gasteiger partial charge in [0.15, 0.2) is 0 Å². The van der Waals surface area contributed by atoms with E-state index >= 15 is 0 Å². The van der Waals surface area contributed by atoms with E-state index in [1.165, 1.54) is 32.4 Å². The smallest absolute Gasteiger partial charge is 0.410 e. The number of nitrogens with zero attached hydrogens (tertiary/aromatic N) is 3. The van der Waals surface area contributed by atoms with Gasteiger partial charge < -0.3 is 14.5 Å². The Hall–Kier alpha value is -1.93. The molecule has 1 unspecified atom stereocenters. The number of likely N-dealkylation sites (tertiary alicyclic amines) is 2. The predicted octanol–water partition coefficient (Wildman–Crippen LogP) is 7.42. The number of aryl methyl sites for hydroxylation is 2. The molecular weight excluding hydrogens is 634 g/mol. The Morgan fingerprint density at radius 3 is 2.35 bits per heavy atom. The monoisotopic (exact) mass is 673 g/mol. The third-order valence-electron chi connectivity index (χ3n) is 8.81. The van der Waals surface area contributed by atoms with Crippen LogP contribution >= 0.6 is 31.9 Å². The molecule has 0 radical (unpaired) electrons. The Balaban J connectivity index is 1.22. The van der Waals surface area contributed by atoms with Gasteiger partial charge in [0.25, 0.3) is 0 Å². The maximum atomic E-state index is 13.3. The summed E-state index contributed by atoms with van der Waals surface area (Å²) >= 11 is 7.54. The number of benzene rings is 1. The molecule has 5 rings (SSSR count). The summed E-state index contributed by atoms with van der Waals surface area (Å²) < 4.78 is 7.78. The molecule has 6 nitrogen and oxygen atoms in total. The summed E-state index contributed by atoms with van der Waals surface area (Å²) in [5, 5.41) is 0. The zero-order chi connectivity index (χ0) is 28.6. The Kier molecular flexibility index (Phi) is 8.96. The molecule has 2 amide bonds. The lowest BCUT2D eigenvalue weighted by Crippen LogP contribution is -2.44. The minimum absolute atomic E-state index is 0.243. The maximum absolute atomic E-state index is 13.3. The summed E-state index contributed by atoms with van der Waals surface area (Å²) in [7, 11) is 0. The Labute approximate surface area is 255 Å². The summed E-state index contributed by atoms with van der Waals surface area (Å²) in [6, 6.07) is 6.79. The van der Waals surface area contributed by atoms with Crippen LogP contribution in [-0.2, 0) is 22.4 Å². The molecule has 8 heteroatoms. The second-order valence-electron chi connectivity index (χ2n) is 12.8. The van der Waals surface area contributed by atoms with Gasteiger partial charge in [-0.25, -0.2) is 4.79 Å². The fraction of sp³-hybridized carbons (Fsp3) is 0.594. The van der Waals surface area contributed by atoms with Crippen molar-refractivity contribution in [2.24, 2.45) is 11.8 Å². The highest BCUT2D eigenvalue weighted by molar-refractivity contribution is 9.10. The van der Waals surface area contributed by atoms with E-state index in [9.17, 15) is 9.59 Å². The molecule has 40 heavy (non-hydrogen) atoms. The van der Waals surface area contributed by atoms with Gasteiger partial charge in [-0.1, -0.05) is 28.1 Å². The SMILES string of the molecule is Cc1ccc2c(c1Br)CCc1cc(Br)cnc1C2C1CCN(C(=O)CC2CCN(C(=O)OC(C)(C)C)CC2)CC1. The van der Waals surface area contributed by atoms with Crippen LogP contribution in [0.5, 0.6) is 0 Å². The van der Waals surface area contributed by atoms with Crippen LogP contribution in [0.3, 0.4) is 0 Å². The Morgan fingerprint density at radius 1 is 1.00 bits per heavy atom. The molecule has 2 aromatic rings. The van der Waals surface area contributed by atoms with Crippen LogP contribution in [0, 0.1) is 18.8 Å². The van der Waals surface area contributed by atoms with Crippen molar-refractivity contribution in [2.45, 2.75) is 84.2 Å². The van der Waals surface area contributed by atoms with Gasteiger partial charge in [0.1, 0.15) is 5.60 Å². The van der Waals surface area contributed by atoms with Gasteiger partial charge in [-0.2, -0.15) is 0 Å². The minimum atomic E-state index is -0.487. The third kappa shape index (κ3) is 6.59. The van der Waals surface area contributed by atoms with E-state index in [1.807, 2.05) is 27.0 Å². The standard InChI is InChI=1S/C32H41Br2N3O3/c1-20-5-7-25-26(29(20)34)8-6-23-18-24(33)19-35-30(23)28(25)22-11-15-36(16-12-22)27(38)17-21-9-13-37(14-10-21)31(39)40-32(2,3)4/h5,7,18-19,21-22,28H,6,8-17H2,1-4H3. The van der Waals surface area contributed by atoms with E-state index in [-0.39, 0.29) is 17.9 Å². The van der Waals surface area contributed by atoms with Crippen LogP contribution in [0.25, 0.3) is 0 Å². The highest BCUT2D eigenvalue weighted by atomic mass is 79.9. The summed E-state index contributed by atoms with van der Waals surface area (Å²) in [5.41, 5.74) is 6.13. The van der Waals surface area contributed by atoms with Gasteiger partial charge in [0.2, 0.25) is 5.91 Å². The number of pyridine rings is 1. The van der Waals surface area contributed by atoms with E-state index in [1.54, 1.807) is 4.90 Å². The van der Waals surface area contributed by atoms with E-state index in [0.29, 0.717) is 31.3 Å². The summed E-state index contributed by atoms with van der Waals surface area (Å²) in [5.74, 6) is 1.27. The van der Waals surface area contributed by atoms with Crippen LogP contribution < -0.4 is 0 Å². The maximum Gasteiger partial charge on any atom is 0.410 e. The number of aromatic nitrogens is 1. The number of halogens is 2. The predicted molar refractivity (Wildman–Crippen MR) is 165 cm³/mol. The minimum Gasteiger partial charge on any atom is -0.444 e. The molecule has 216 valence electrons. The molecule has 1 aromatic heterocycles. The van der Waals surface area contributed by atoms with E-state index in [4.69, 9.17) is 9.72 Å². The van der Waals surface area contributed by atoms with Crippen molar-refractivity contribution in [1.29, 1.82) is 0 Å². The number of ether oxygens (including phenoxy) is 1.